The fourth-order valence-corrected chi connectivity index (χ4v) is 2.85. The lowest BCUT2D eigenvalue weighted by Gasteiger charge is -2.15. The van der Waals surface area contributed by atoms with Crippen molar-refractivity contribution in [3.63, 3.8) is 0 Å². The highest BCUT2D eigenvalue weighted by molar-refractivity contribution is 5.98. The van der Waals surface area contributed by atoms with E-state index in [-0.39, 0.29) is 24.1 Å². The summed E-state index contributed by atoms with van der Waals surface area (Å²) in [5.74, 6) is -0.978. The predicted octanol–water partition coefficient (Wildman–Crippen LogP) is 2.63. The topological polar surface area (TPSA) is 85.6 Å². The van der Waals surface area contributed by atoms with Gasteiger partial charge in [0.1, 0.15) is 5.56 Å². The molecule has 2 heterocycles. The second-order valence-corrected chi connectivity index (χ2v) is 6.31. The average Bonchev–Trinajstić information content (AvgIpc) is 3.02. The zero-order valence-corrected chi connectivity index (χ0v) is 15.6. The SMILES string of the molecule is CCc1ccc(C(C)NC(=O)COC(=O)c2c(C)nn3cccnc23)cc1. The third-order valence-electron chi connectivity index (χ3n) is 4.37. The van der Waals surface area contributed by atoms with Gasteiger partial charge in [0, 0.05) is 12.4 Å². The number of fused-ring (bicyclic) bond motifs is 1. The van der Waals surface area contributed by atoms with Crippen molar-refractivity contribution in [1.29, 1.82) is 0 Å². The zero-order valence-electron chi connectivity index (χ0n) is 15.6. The molecule has 0 radical (unpaired) electrons. The molecule has 0 spiro atoms. The van der Waals surface area contributed by atoms with E-state index in [1.807, 2.05) is 31.2 Å². The Morgan fingerprint density at radius 2 is 2.00 bits per heavy atom. The third-order valence-corrected chi connectivity index (χ3v) is 4.37. The molecule has 7 heteroatoms. The highest BCUT2D eigenvalue weighted by Gasteiger charge is 2.20. The van der Waals surface area contributed by atoms with Gasteiger partial charge in [-0.25, -0.2) is 14.3 Å². The van der Waals surface area contributed by atoms with Crippen molar-refractivity contribution in [3.8, 4) is 0 Å². The van der Waals surface area contributed by atoms with Crippen LogP contribution in [0, 0.1) is 6.92 Å². The molecule has 0 fully saturated rings. The number of aromatic nitrogens is 3. The van der Waals surface area contributed by atoms with Crippen molar-refractivity contribution in [2.24, 2.45) is 0 Å². The number of hydrogen-bond acceptors (Lipinski definition) is 5. The lowest BCUT2D eigenvalue weighted by molar-refractivity contribution is -0.124. The first-order chi connectivity index (χ1) is 13.0. The number of nitrogens with one attached hydrogen (secondary N) is 1. The van der Waals surface area contributed by atoms with E-state index in [4.69, 9.17) is 4.74 Å². The van der Waals surface area contributed by atoms with E-state index in [2.05, 4.69) is 22.3 Å². The Bertz CT molecular complexity index is 963. The molecule has 27 heavy (non-hydrogen) atoms. The van der Waals surface area contributed by atoms with Gasteiger partial charge in [0.25, 0.3) is 5.91 Å². The maximum atomic E-state index is 12.4. The summed E-state index contributed by atoms with van der Waals surface area (Å²) in [5, 5.41) is 7.05. The van der Waals surface area contributed by atoms with Crippen LogP contribution in [0.25, 0.3) is 5.65 Å². The number of amides is 1. The standard InChI is InChI=1S/C20H22N4O3/c1-4-15-6-8-16(9-7-15)13(2)22-17(25)12-27-20(26)18-14(3)23-24-11-5-10-21-19(18)24/h5-11,13H,4,12H2,1-3H3,(H,22,25). The summed E-state index contributed by atoms with van der Waals surface area (Å²) in [6, 6.07) is 9.60. The molecule has 0 saturated heterocycles. The normalized spacial score (nSPS) is 12.0. The van der Waals surface area contributed by atoms with Crippen molar-refractivity contribution in [3.05, 3.63) is 65.1 Å². The molecule has 1 N–H and O–H groups in total. The zero-order chi connectivity index (χ0) is 19.4. The molecule has 0 aliphatic heterocycles. The summed E-state index contributed by atoms with van der Waals surface area (Å²) in [7, 11) is 0. The third kappa shape index (κ3) is 4.13. The molecule has 0 aliphatic carbocycles. The molecule has 0 saturated carbocycles. The Morgan fingerprint density at radius 3 is 2.70 bits per heavy atom. The van der Waals surface area contributed by atoms with Crippen molar-refractivity contribution in [1.82, 2.24) is 19.9 Å². The number of benzene rings is 1. The van der Waals surface area contributed by atoms with Gasteiger partial charge in [0.05, 0.1) is 11.7 Å². The fourth-order valence-electron chi connectivity index (χ4n) is 2.85. The second kappa shape index (κ2) is 7.99. The molecule has 7 nitrogen and oxygen atoms in total. The van der Waals surface area contributed by atoms with Crippen LogP contribution in [0.15, 0.2) is 42.7 Å². The Kier molecular flexibility index (Phi) is 5.49. The van der Waals surface area contributed by atoms with E-state index < -0.39 is 5.97 Å². The van der Waals surface area contributed by atoms with Crippen molar-refractivity contribution in [2.75, 3.05) is 6.61 Å². The van der Waals surface area contributed by atoms with Gasteiger partial charge < -0.3 is 10.1 Å². The first kappa shape index (κ1) is 18.6. The van der Waals surface area contributed by atoms with Crippen LogP contribution in [0.3, 0.4) is 0 Å². The van der Waals surface area contributed by atoms with Crippen molar-refractivity contribution in [2.45, 2.75) is 33.2 Å². The number of hydrogen-bond donors (Lipinski definition) is 1. The maximum Gasteiger partial charge on any atom is 0.344 e. The molecule has 1 atom stereocenters. The molecule has 3 rings (SSSR count). The van der Waals surface area contributed by atoms with Gasteiger partial charge in [-0.3, -0.25) is 4.79 Å². The van der Waals surface area contributed by atoms with E-state index in [1.165, 1.54) is 10.1 Å². The van der Waals surface area contributed by atoms with E-state index in [0.717, 1.165) is 12.0 Å². The van der Waals surface area contributed by atoms with Gasteiger partial charge in [-0.05, 0) is 37.5 Å². The predicted molar refractivity (Wildman–Crippen MR) is 100 cm³/mol. The quantitative estimate of drug-likeness (QED) is 0.678. The Hall–Kier alpha value is -3.22. The number of aryl methyl sites for hydroxylation is 2. The minimum atomic E-state index is -0.615. The van der Waals surface area contributed by atoms with Crippen molar-refractivity contribution >= 4 is 17.5 Å². The number of nitrogens with zero attached hydrogens (tertiary/aromatic N) is 3. The van der Waals surface area contributed by atoms with Gasteiger partial charge >= 0.3 is 5.97 Å². The maximum absolute atomic E-state index is 12.4. The van der Waals surface area contributed by atoms with Gasteiger partial charge in [-0.2, -0.15) is 5.10 Å². The van der Waals surface area contributed by atoms with E-state index in [9.17, 15) is 9.59 Å². The van der Waals surface area contributed by atoms with Gasteiger partial charge in [-0.1, -0.05) is 31.2 Å². The Balaban J connectivity index is 1.59. The molecule has 1 amide bonds. The lowest BCUT2D eigenvalue weighted by Crippen LogP contribution is -2.31. The van der Waals surface area contributed by atoms with Crippen LogP contribution < -0.4 is 5.32 Å². The summed E-state index contributed by atoms with van der Waals surface area (Å²) >= 11 is 0. The second-order valence-electron chi connectivity index (χ2n) is 6.31. The summed E-state index contributed by atoms with van der Waals surface area (Å²) in [6.07, 6.45) is 4.24. The smallest absolute Gasteiger partial charge is 0.344 e. The largest absolute Gasteiger partial charge is 0.452 e. The number of rotatable bonds is 6. The van der Waals surface area contributed by atoms with Crippen LogP contribution in [0.4, 0.5) is 0 Å². The summed E-state index contributed by atoms with van der Waals surface area (Å²) in [6.45, 7) is 5.32. The van der Waals surface area contributed by atoms with E-state index in [0.29, 0.717) is 11.3 Å². The van der Waals surface area contributed by atoms with E-state index >= 15 is 0 Å². The molecule has 140 valence electrons. The lowest BCUT2D eigenvalue weighted by atomic mass is 10.1. The summed E-state index contributed by atoms with van der Waals surface area (Å²) < 4.78 is 6.67. The fraction of sp³-hybridized carbons (Fsp3) is 0.300. The molecule has 2 aromatic heterocycles. The molecule has 3 aromatic rings. The minimum Gasteiger partial charge on any atom is -0.452 e. The van der Waals surface area contributed by atoms with Crippen LogP contribution in [0.5, 0.6) is 0 Å². The highest BCUT2D eigenvalue weighted by atomic mass is 16.5. The summed E-state index contributed by atoms with van der Waals surface area (Å²) in [4.78, 5) is 28.7. The van der Waals surface area contributed by atoms with E-state index in [1.54, 1.807) is 25.4 Å². The first-order valence-electron chi connectivity index (χ1n) is 8.85. The molecular weight excluding hydrogens is 344 g/mol. The van der Waals surface area contributed by atoms with Gasteiger partial charge in [0.15, 0.2) is 12.3 Å². The van der Waals surface area contributed by atoms with Gasteiger partial charge in [-0.15, -0.1) is 0 Å². The van der Waals surface area contributed by atoms with Gasteiger partial charge in [0.2, 0.25) is 0 Å². The number of esters is 1. The number of carbonyl (C=O) groups excluding carboxylic acids is 2. The monoisotopic (exact) mass is 366 g/mol. The van der Waals surface area contributed by atoms with Crippen LogP contribution in [-0.2, 0) is 16.0 Å². The number of carbonyl (C=O) groups is 2. The first-order valence-corrected chi connectivity index (χ1v) is 8.85. The average molecular weight is 366 g/mol. The Labute approximate surface area is 157 Å². The molecular formula is C20H22N4O3. The van der Waals surface area contributed by atoms with Crippen LogP contribution in [0.2, 0.25) is 0 Å². The summed E-state index contributed by atoms with van der Waals surface area (Å²) in [5.41, 5.74) is 3.41. The minimum absolute atomic E-state index is 0.178. The number of ether oxygens (including phenoxy) is 1. The highest BCUT2D eigenvalue weighted by Crippen LogP contribution is 2.15. The molecule has 0 aliphatic rings. The molecule has 1 aromatic carbocycles. The molecule has 0 bridgehead atoms. The van der Waals surface area contributed by atoms with Crippen LogP contribution >= 0.6 is 0 Å². The van der Waals surface area contributed by atoms with Crippen LogP contribution in [-0.4, -0.2) is 33.1 Å². The van der Waals surface area contributed by atoms with Crippen LogP contribution in [0.1, 0.15) is 47.1 Å². The van der Waals surface area contributed by atoms with Crippen molar-refractivity contribution < 1.29 is 14.3 Å². The molecule has 1 unspecified atom stereocenters. The Morgan fingerprint density at radius 1 is 1.26 bits per heavy atom.